The number of terminal acetylenes is 1. The van der Waals surface area contributed by atoms with Gasteiger partial charge in [0.25, 0.3) is 17.7 Å². The van der Waals surface area contributed by atoms with E-state index in [0.29, 0.717) is 43.8 Å². The van der Waals surface area contributed by atoms with Gasteiger partial charge in [0.05, 0.1) is 67.1 Å². The fourth-order valence-electron chi connectivity index (χ4n) is 10.6. The molecule has 3 atom stereocenters. The number of aliphatic hydroxyl groups is 3. The molecule has 6 N–H and O–H groups in total. The molecular formula is C67H56BrN3O12. The molecule has 3 aliphatic heterocycles. The summed E-state index contributed by atoms with van der Waals surface area (Å²) in [6.07, 6.45) is 4.01. The molecule has 0 spiro atoms. The van der Waals surface area contributed by atoms with Crippen LogP contribution in [0.4, 0.5) is 17.1 Å². The van der Waals surface area contributed by atoms with Crippen LogP contribution in [-0.2, 0) is 44.3 Å². The molecule has 0 fully saturated rings. The lowest BCUT2D eigenvalue weighted by Gasteiger charge is -2.23. The van der Waals surface area contributed by atoms with E-state index in [9.17, 15) is 59.4 Å². The molecule has 0 radical (unpaired) electrons. The summed E-state index contributed by atoms with van der Waals surface area (Å²) < 4.78 is 0.694. The molecule has 16 heteroatoms. The lowest BCUT2D eigenvalue weighted by atomic mass is 9.88. The zero-order valence-corrected chi connectivity index (χ0v) is 46.7. The first kappa shape index (κ1) is 58.2. The number of hydrogen-bond donors (Lipinski definition) is 6. The highest BCUT2D eigenvalue weighted by molar-refractivity contribution is 9.10. The molecule has 0 bridgehead atoms. The maximum absolute atomic E-state index is 13.3. The maximum atomic E-state index is 13.3. The summed E-state index contributed by atoms with van der Waals surface area (Å²) in [5.74, 6) is -1.43. The number of aromatic hydroxyl groups is 3. The van der Waals surface area contributed by atoms with Crippen LogP contribution in [-0.4, -0.2) is 72.3 Å². The smallest absolute Gasteiger partial charge is 0.265 e. The van der Waals surface area contributed by atoms with E-state index >= 15 is 0 Å². The van der Waals surface area contributed by atoms with Gasteiger partial charge in [-0.25, -0.2) is 0 Å². The third-order valence-electron chi connectivity index (χ3n) is 14.7. The van der Waals surface area contributed by atoms with Crippen molar-refractivity contribution >= 4 is 68.1 Å². The molecule has 11 rings (SSSR count). The minimum atomic E-state index is -2.06. The molecule has 3 aliphatic rings. The molecule has 8 aromatic rings. The average Bonchev–Trinajstić information content (AvgIpc) is 2.54. The van der Waals surface area contributed by atoms with Crippen LogP contribution in [0.2, 0.25) is 0 Å². The number of rotatable bonds is 14. The van der Waals surface area contributed by atoms with Gasteiger partial charge in [-0.2, -0.15) is 0 Å². The molecule has 3 unspecified atom stereocenters. The molecule has 0 saturated carbocycles. The minimum absolute atomic E-state index is 0.0525. The first-order chi connectivity index (χ1) is 39.7. The summed E-state index contributed by atoms with van der Waals surface area (Å²) in [5, 5.41) is 63.4. The van der Waals surface area contributed by atoms with Crippen molar-refractivity contribution in [2.75, 3.05) is 21.2 Å². The maximum Gasteiger partial charge on any atom is 0.265 e. The molecular weight excluding hydrogens is 1120 g/mol. The van der Waals surface area contributed by atoms with E-state index in [1.807, 2.05) is 80.6 Å². The van der Waals surface area contributed by atoms with Gasteiger partial charge in [0, 0.05) is 26.7 Å². The molecule has 3 amide bonds. The van der Waals surface area contributed by atoms with Crippen LogP contribution in [0.15, 0.2) is 193 Å². The summed E-state index contributed by atoms with van der Waals surface area (Å²) in [4.78, 5) is 81.9. The van der Waals surface area contributed by atoms with E-state index in [0.717, 1.165) is 28.3 Å². The molecule has 8 aromatic carbocycles. The lowest BCUT2D eigenvalue weighted by Crippen LogP contribution is -2.42. The van der Waals surface area contributed by atoms with Gasteiger partial charge in [-0.15, -0.1) is 6.42 Å². The minimum Gasteiger partial charge on any atom is -0.508 e. The van der Waals surface area contributed by atoms with Gasteiger partial charge in [0.1, 0.15) is 17.2 Å². The Morgan fingerprint density at radius 2 is 0.964 bits per heavy atom. The summed E-state index contributed by atoms with van der Waals surface area (Å²) in [5.41, 5.74) is 1.15. The number of phenols is 3. The fraction of sp³-hybridized carbons (Fsp3) is 0.164. The van der Waals surface area contributed by atoms with Crippen LogP contribution in [0.5, 0.6) is 17.2 Å². The van der Waals surface area contributed by atoms with E-state index < -0.39 is 58.9 Å². The summed E-state index contributed by atoms with van der Waals surface area (Å²) >= 11 is 3.38. The van der Waals surface area contributed by atoms with Crippen LogP contribution in [0.1, 0.15) is 89.3 Å². The number of fused-ring (bicyclic) bond motifs is 3. The number of Topliss-reactive ketones (excluding diaryl/α,β-unsaturated/α-hetero) is 3. The number of hydrogen-bond acceptors (Lipinski definition) is 12. The molecule has 418 valence electrons. The predicted octanol–water partition coefficient (Wildman–Crippen LogP) is 10.0. The van der Waals surface area contributed by atoms with Crippen molar-refractivity contribution in [1.82, 2.24) is 0 Å². The SMILES string of the molecule is C#CCN1C(=O)C(O)(CC(=O)c2ccc(C)cc2)c2ccccc21.Cc1cccc(CN2C(=O)C(O)(CC(=O)c3cc(O)ccc3O)c3ccccc32)c1.O=C(CC1(O)C(=O)N(Cc2ccccc2)c2ccc(Br)cc21)c1ccccc1O. The number of carbonyl (C=O) groups is 6. The van der Waals surface area contributed by atoms with Crippen molar-refractivity contribution in [3.8, 4) is 29.6 Å². The third-order valence-corrected chi connectivity index (χ3v) is 15.2. The highest BCUT2D eigenvalue weighted by Crippen LogP contribution is 2.47. The summed E-state index contributed by atoms with van der Waals surface area (Å²) in [6.45, 7) is 4.47. The Bertz CT molecular complexity index is 3900. The topological polar surface area (TPSA) is 234 Å². The van der Waals surface area contributed by atoms with Crippen molar-refractivity contribution in [2.45, 2.75) is 63.0 Å². The number of nitrogens with zero attached hydrogens (tertiary/aromatic N) is 3. The Morgan fingerprint density at radius 1 is 0.470 bits per heavy atom. The van der Waals surface area contributed by atoms with Gasteiger partial charge >= 0.3 is 0 Å². The number of halogens is 1. The molecule has 0 saturated heterocycles. The second-order valence-electron chi connectivity index (χ2n) is 20.5. The zero-order chi connectivity index (χ0) is 59.4. The number of aryl methyl sites for hydroxylation is 2. The van der Waals surface area contributed by atoms with E-state index in [1.165, 1.54) is 39.0 Å². The number of anilines is 3. The van der Waals surface area contributed by atoms with E-state index in [-0.39, 0.29) is 60.2 Å². The number of benzene rings is 8. The summed E-state index contributed by atoms with van der Waals surface area (Å²) in [6, 6.07) is 52.8. The van der Waals surface area contributed by atoms with Crippen LogP contribution in [0, 0.1) is 26.2 Å². The van der Waals surface area contributed by atoms with Crippen molar-refractivity contribution in [1.29, 1.82) is 0 Å². The van der Waals surface area contributed by atoms with Crippen molar-refractivity contribution < 1.29 is 59.4 Å². The quantitative estimate of drug-likeness (QED) is 0.0339. The average molecular weight is 1180 g/mol. The van der Waals surface area contributed by atoms with Crippen molar-refractivity contribution in [2.24, 2.45) is 0 Å². The van der Waals surface area contributed by atoms with Crippen LogP contribution in [0.3, 0.4) is 0 Å². The van der Waals surface area contributed by atoms with Gasteiger partial charge in [0.2, 0.25) is 0 Å². The Balaban J connectivity index is 0.000000151. The third kappa shape index (κ3) is 11.7. The van der Waals surface area contributed by atoms with E-state index in [1.54, 1.807) is 91.0 Å². The van der Waals surface area contributed by atoms with Gasteiger partial charge in [0.15, 0.2) is 34.2 Å². The van der Waals surface area contributed by atoms with E-state index in [4.69, 9.17) is 6.42 Å². The largest absolute Gasteiger partial charge is 0.508 e. The Morgan fingerprint density at radius 3 is 1.58 bits per heavy atom. The standard InChI is InChI=1S/C24H21NO5.C23H18BrNO4.C20H17NO3/c1-15-5-4-6-16(11-15)14-25-20-8-3-2-7-19(20)24(30,23(25)29)13-22(28)18-12-17(26)9-10-21(18)27;24-16-10-11-19-18(12-16)23(29,13-21(27)17-8-4-5-9-20(17)26)22(28)25(19)14-15-6-2-1-3-7-15;1-3-12-21-17-7-5-4-6-16(17)20(24,19(21)23)13-18(22)15-10-8-14(2)9-11-15/h2-12,26-27,30H,13-14H2,1H3;1-12,26,29H,13-14H2;1,4-11,24H,12-13H2,2H3. The van der Waals surface area contributed by atoms with E-state index in [2.05, 4.69) is 21.9 Å². The Hall–Kier alpha value is -9.50. The summed E-state index contributed by atoms with van der Waals surface area (Å²) in [7, 11) is 0. The number of amides is 3. The number of phenolic OH excluding ortho intramolecular Hbond substituents is 3. The highest BCUT2D eigenvalue weighted by Gasteiger charge is 2.53. The molecule has 83 heavy (non-hydrogen) atoms. The predicted molar refractivity (Wildman–Crippen MR) is 316 cm³/mol. The van der Waals surface area contributed by atoms with Gasteiger partial charge in [-0.3, -0.25) is 33.7 Å². The van der Waals surface area contributed by atoms with Crippen molar-refractivity contribution in [3.63, 3.8) is 0 Å². The van der Waals surface area contributed by atoms with Gasteiger partial charge in [-0.05, 0) is 85.6 Å². The lowest BCUT2D eigenvalue weighted by molar-refractivity contribution is -0.136. The first-order valence-electron chi connectivity index (χ1n) is 26.3. The molecule has 3 heterocycles. The fourth-order valence-corrected chi connectivity index (χ4v) is 10.9. The zero-order valence-electron chi connectivity index (χ0n) is 45.1. The second kappa shape index (κ2) is 23.9. The molecule has 15 nitrogen and oxygen atoms in total. The van der Waals surface area contributed by atoms with Crippen LogP contribution in [0.25, 0.3) is 0 Å². The monoisotopic (exact) mass is 1170 g/mol. The molecule has 0 aliphatic carbocycles. The molecule has 0 aromatic heterocycles. The first-order valence-corrected chi connectivity index (χ1v) is 27.1. The highest BCUT2D eigenvalue weighted by atomic mass is 79.9. The van der Waals surface area contributed by atoms with Crippen molar-refractivity contribution in [3.05, 3.63) is 248 Å². The number of carbonyl (C=O) groups excluding carboxylic acids is 6. The second-order valence-corrected chi connectivity index (χ2v) is 21.4. The number of para-hydroxylation sites is 3. The Labute approximate surface area is 487 Å². The number of ketones is 3. The normalized spacial score (nSPS) is 18.2. The van der Waals surface area contributed by atoms with Crippen LogP contribution < -0.4 is 14.7 Å². The van der Waals surface area contributed by atoms with Gasteiger partial charge < -0.3 is 40.4 Å². The van der Waals surface area contributed by atoms with Gasteiger partial charge in [-0.1, -0.05) is 160 Å². The Kier molecular flexibility index (Phi) is 16.8. The van der Waals surface area contributed by atoms with Crippen LogP contribution >= 0.6 is 15.9 Å².